The van der Waals surface area contributed by atoms with Crippen molar-refractivity contribution in [1.82, 2.24) is 0 Å². The van der Waals surface area contributed by atoms with Crippen molar-refractivity contribution in [2.45, 2.75) is 43.9 Å². The van der Waals surface area contributed by atoms with Gasteiger partial charge in [0.1, 0.15) is 6.10 Å². The molecule has 2 saturated heterocycles. The third kappa shape index (κ3) is 2.93. The minimum Gasteiger partial charge on any atom is -0.377 e. The summed E-state index contributed by atoms with van der Waals surface area (Å²) in [6.45, 7) is 1.80. The van der Waals surface area contributed by atoms with Gasteiger partial charge in [-0.15, -0.1) is 11.6 Å². The van der Waals surface area contributed by atoms with Crippen molar-refractivity contribution in [2.24, 2.45) is 5.92 Å². The van der Waals surface area contributed by atoms with Crippen molar-refractivity contribution in [3.63, 3.8) is 0 Å². The molecule has 0 spiro atoms. The standard InChI is InChI=1S/C12H19ClO4/c13-3-4-14-6-9-7-15-12(16-9)8-1-2-10-11(5-8)17-10/h8-12H,1-7H2/t8-,9+,10+,11+,12-/m1/s1. The molecule has 0 N–H and O–H groups in total. The Balaban J connectivity index is 1.40. The van der Waals surface area contributed by atoms with Crippen LogP contribution in [-0.2, 0) is 18.9 Å². The van der Waals surface area contributed by atoms with Gasteiger partial charge in [0, 0.05) is 11.8 Å². The van der Waals surface area contributed by atoms with E-state index in [4.69, 9.17) is 30.5 Å². The summed E-state index contributed by atoms with van der Waals surface area (Å²) in [5, 5.41) is 0. The third-order valence-electron chi connectivity index (χ3n) is 3.73. The molecule has 0 aromatic heterocycles. The molecular weight excluding hydrogens is 244 g/mol. The monoisotopic (exact) mass is 262 g/mol. The van der Waals surface area contributed by atoms with Gasteiger partial charge in [0.2, 0.25) is 0 Å². The minimum absolute atomic E-state index is 0.0512. The number of ether oxygens (including phenoxy) is 4. The summed E-state index contributed by atoms with van der Waals surface area (Å²) < 4.78 is 22.5. The number of epoxide rings is 1. The molecule has 5 heteroatoms. The molecule has 0 amide bonds. The van der Waals surface area contributed by atoms with Crippen LogP contribution in [0.25, 0.3) is 0 Å². The Hall–Kier alpha value is 0.130. The second-order valence-corrected chi connectivity index (χ2v) is 5.39. The van der Waals surface area contributed by atoms with Crippen LogP contribution in [0.5, 0.6) is 0 Å². The molecule has 3 fully saturated rings. The first kappa shape index (κ1) is 12.2. The van der Waals surface area contributed by atoms with Gasteiger partial charge < -0.3 is 18.9 Å². The number of fused-ring (bicyclic) bond motifs is 1. The van der Waals surface area contributed by atoms with Gasteiger partial charge in [0.15, 0.2) is 6.29 Å². The SMILES string of the molecule is ClCCOC[C@H]1CO[C@@H]([C@@H]2CC[C@@H]3O[C@H]3C2)O1. The zero-order valence-electron chi connectivity index (χ0n) is 9.85. The van der Waals surface area contributed by atoms with Crippen LogP contribution >= 0.6 is 11.6 Å². The van der Waals surface area contributed by atoms with Crippen molar-refractivity contribution in [2.75, 3.05) is 25.7 Å². The fraction of sp³-hybridized carbons (Fsp3) is 1.00. The molecule has 0 radical (unpaired) electrons. The van der Waals surface area contributed by atoms with Gasteiger partial charge in [-0.05, 0) is 19.3 Å². The maximum absolute atomic E-state index is 5.87. The molecule has 2 aliphatic heterocycles. The highest BCUT2D eigenvalue weighted by Gasteiger charge is 2.47. The second-order valence-electron chi connectivity index (χ2n) is 5.01. The first-order chi connectivity index (χ1) is 8.36. The summed E-state index contributed by atoms with van der Waals surface area (Å²) in [5.74, 6) is 1.02. The highest BCUT2D eigenvalue weighted by molar-refractivity contribution is 6.17. The second kappa shape index (κ2) is 5.41. The normalized spacial score (nSPS) is 44.6. The van der Waals surface area contributed by atoms with Crippen LogP contribution in [0.2, 0.25) is 0 Å². The Morgan fingerprint density at radius 3 is 2.94 bits per heavy atom. The van der Waals surface area contributed by atoms with E-state index in [1.807, 2.05) is 0 Å². The van der Waals surface area contributed by atoms with E-state index in [9.17, 15) is 0 Å². The van der Waals surface area contributed by atoms with Crippen LogP contribution in [0.3, 0.4) is 0 Å². The van der Waals surface area contributed by atoms with Crippen molar-refractivity contribution in [1.29, 1.82) is 0 Å². The predicted molar refractivity (Wildman–Crippen MR) is 62.2 cm³/mol. The molecule has 2 heterocycles. The van der Waals surface area contributed by atoms with Crippen LogP contribution in [0, 0.1) is 5.92 Å². The first-order valence-corrected chi connectivity index (χ1v) is 6.96. The van der Waals surface area contributed by atoms with E-state index in [0.717, 1.165) is 19.3 Å². The van der Waals surface area contributed by atoms with E-state index in [1.54, 1.807) is 0 Å². The maximum atomic E-state index is 5.87. The molecule has 1 saturated carbocycles. The van der Waals surface area contributed by atoms with Gasteiger partial charge in [-0.2, -0.15) is 0 Å². The summed E-state index contributed by atoms with van der Waals surface area (Å²) in [7, 11) is 0. The highest BCUT2D eigenvalue weighted by Crippen LogP contribution is 2.42. The average Bonchev–Trinajstić information content (AvgIpc) is 2.98. The molecule has 3 aliphatic rings. The van der Waals surface area contributed by atoms with Gasteiger partial charge in [-0.25, -0.2) is 0 Å². The molecule has 3 rings (SSSR count). The zero-order valence-corrected chi connectivity index (χ0v) is 10.6. The Morgan fingerprint density at radius 2 is 2.12 bits per heavy atom. The average molecular weight is 263 g/mol. The fourth-order valence-corrected chi connectivity index (χ4v) is 2.87. The van der Waals surface area contributed by atoms with Crippen LogP contribution in [-0.4, -0.2) is 50.3 Å². The van der Waals surface area contributed by atoms with Crippen LogP contribution < -0.4 is 0 Å². The minimum atomic E-state index is -0.0512. The summed E-state index contributed by atoms with van der Waals surface area (Å²) >= 11 is 5.55. The molecule has 4 nitrogen and oxygen atoms in total. The highest BCUT2D eigenvalue weighted by atomic mass is 35.5. The van der Waals surface area contributed by atoms with Gasteiger partial charge in [0.05, 0.1) is 32.0 Å². The van der Waals surface area contributed by atoms with E-state index in [1.165, 1.54) is 0 Å². The number of halogens is 1. The van der Waals surface area contributed by atoms with Crippen molar-refractivity contribution >= 4 is 11.6 Å². The molecular formula is C12H19ClO4. The lowest BCUT2D eigenvalue weighted by atomic mass is 9.89. The van der Waals surface area contributed by atoms with Gasteiger partial charge in [0.25, 0.3) is 0 Å². The van der Waals surface area contributed by atoms with Crippen molar-refractivity contribution in [3.05, 3.63) is 0 Å². The summed E-state index contributed by atoms with van der Waals surface area (Å²) in [4.78, 5) is 0. The van der Waals surface area contributed by atoms with Gasteiger partial charge in [-0.1, -0.05) is 0 Å². The number of rotatable bonds is 5. The molecule has 98 valence electrons. The van der Waals surface area contributed by atoms with Crippen molar-refractivity contribution < 1.29 is 18.9 Å². The lowest BCUT2D eigenvalue weighted by Crippen LogP contribution is -2.28. The lowest BCUT2D eigenvalue weighted by Gasteiger charge is -2.24. The molecule has 0 unspecified atom stereocenters. The van der Waals surface area contributed by atoms with E-state index in [-0.39, 0.29) is 12.4 Å². The van der Waals surface area contributed by atoms with E-state index in [2.05, 4.69) is 0 Å². The topological polar surface area (TPSA) is 40.2 Å². The maximum Gasteiger partial charge on any atom is 0.161 e. The van der Waals surface area contributed by atoms with E-state index < -0.39 is 0 Å². The zero-order chi connectivity index (χ0) is 11.7. The quantitative estimate of drug-likeness (QED) is 0.428. The van der Waals surface area contributed by atoms with Crippen molar-refractivity contribution in [3.8, 4) is 0 Å². The lowest BCUT2D eigenvalue weighted by molar-refractivity contribution is -0.111. The predicted octanol–water partition coefficient (Wildman–Crippen LogP) is 1.55. The number of hydrogen-bond acceptors (Lipinski definition) is 4. The van der Waals surface area contributed by atoms with Gasteiger partial charge in [-0.3, -0.25) is 0 Å². The Morgan fingerprint density at radius 1 is 1.18 bits per heavy atom. The largest absolute Gasteiger partial charge is 0.377 e. The Bertz CT molecular complexity index is 263. The summed E-state index contributed by atoms with van der Waals surface area (Å²) in [6, 6.07) is 0. The van der Waals surface area contributed by atoms with Crippen LogP contribution in [0.4, 0.5) is 0 Å². The number of alkyl halides is 1. The smallest absolute Gasteiger partial charge is 0.161 e. The molecule has 0 aromatic rings. The summed E-state index contributed by atoms with van der Waals surface area (Å²) in [5.41, 5.74) is 0. The molecule has 5 atom stereocenters. The number of hydrogen-bond donors (Lipinski definition) is 0. The van der Waals surface area contributed by atoms with Crippen LogP contribution in [0.15, 0.2) is 0 Å². The Kier molecular flexibility index (Phi) is 3.87. The van der Waals surface area contributed by atoms with Crippen LogP contribution in [0.1, 0.15) is 19.3 Å². The van der Waals surface area contributed by atoms with E-state index in [0.29, 0.717) is 43.8 Å². The first-order valence-electron chi connectivity index (χ1n) is 6.43. The molecule has 0 bridgehead atoms. The fourth-order valence-electron chi connectivity index (χ4n) is 2.76. The molecule has 0 aromatic carbocycles. The van der Waals surface area contributed by atoms with Gasteiger partial charge >= 0.3 is 0 Å². The Labute approximate surface area is 106 Å². The molecule has 17 heavy (non-hydrogen) atoms. The third-order valence-corrected chi connectivity index (χ3v) is 3.88. The molecule has 1 aliphatic carbocycles. The summed E-state index contributed by atoms with van der Waals surface area (Å²) in [6.07, 6.45) is 4.44. The van der Waals surface area contributed by atoms with E-state index >= 15 is 0 Å².